The molecule has 0 bridgehead atoms. The number of para-hydroxylation sites is 1. The van der Waals surface area contributed by atoms with E-state index in [9.17, 15) is 4.79 Å². The van der Waals surface area contributed by atoms with Crippen molar-refractivity contribution in [2.24, 2.45) is 0 Å². The van der Waals surface area contributed by atoms with Gasteiger partial charge in [0, 0.05) is 11.1 Å². The number of thiophene rings is 1. The maximum Gasteiger partial charge on any atom is 0.236 e. The molecule has 154 valence electrons. The number of nitrogens with zero attached hydrogens (tertiary/aromatic N) is 2. The van der Waals surface area contributed by atoms with Crippen LogP contribution in [-0.4, -0.2) is 22.5 Å². The SMILES string of the molecule is O=C(Nc1nn(-c2ccccc2)cc1-c1cccs1)C1(c2ccc3c(c2)OCO3)CC1. The molecule has 6 rings (SSSR count). The lowest BCUT2D eigenvalue weighted by atomic mass is 9.94. The van der Waals surface area contributed by atoms with E-state index in [0.717, 1.165) is 40.3 Å². The number of amides is 1. The summed E-state index contributed by atoms with van der Waals surface area (Å²) in [5, 5.41) is 9.86. The Morgan fingerprint density at radius 2 is 1.87 bits per heavy atom. The molecule has 1 fully saturated rings. The number of nitrogens with one attached hydrogen (secondary N) is 1. The molecule has 0 saturated heterocycles. The Morgan fingerprint density at radius 3 is 2.65 bits per heavy atom. The quantitative estimate of drug-likeness (QED) is 0.485. The molecule has 31 heavy (non-hydrogen) atoms. The summed E-state index contributed by atoms with van der Waals surface area (Å²) in [6, 6.07) is 19.7. The summed E-state index contributed by atoms with van der Waals surface area (Å²) in [6.45, 7) is 0.221. The first-order valence-corrected chi connectivity index (χ1v) is 11.0. The summed E-state index contributed by atoms with van der Waals surface area (Å²) in [7, 11) is 0. The molecule has 2 aliphatic rings. The molecule has 4 aromatic rings. The molecule has 1 amide bonds. The van der Waals surface area contributed by atoms with Crippen LogP contribution in [0.3, 0.4) is 0 Å². The minimum atomic E-state index is -0.551. The minimum absolute atomic E-state index is 0.0394. The van der Waals surface area contributed by atoms with E-state index in [4.69, 9.17) is 14.6 Å². The molecule has 1 saturated carbocycles. The molecule has 3 heterocycles. The van der Waals surface area contributed by atoms with Gasteiger partial charge in [0.25, 0.3) is 0 Å². The van der Waals surface area contributed by atoms with E-state index in [1.54, 1.807) is 11.3 Å². The molecule has 1 aliphatic carbocycles. The van der Waals surface area contributed by atoms with Crippen LogP contribution in [0.4, 0.5) is 5.82 Å². The number of hydrogen-bond donors (Lipinski definition) is 1. The topological polar surface area (TPSA) is 65.4 Å². The van der Waals surface area contributed by atoms with Gasteiger partial charge in [0.05, 0.1) is 16.7 Å². The van der Waals surface area contributed by atoms with Gasteiger partial charge in [0.15, 0.2) is 17.3 Å². The van der Waals surface area contributed by atoms with Gasteiger partial charge < -0.3 is 14.8 Å². The zero-order valence-electron chi connectivity index (χ0n) is 16.6. The Hall–Kier alpha value is -3.58. The molecule has 6 nitrogen and oxygen atoms in total. The average Bonchev–Trinajstić information content (AvgIpc) is 3.17. The van der Waals surface area contributed by atoms with Crippen molar-refractivity contribution in [1.82, 2.24) is 9.78 Å². The number of aromatic nitrogens is 2. The van der Waals surface area contributed by atoms with Crippen LogP contribution in [0, 0.1) is 0 Å². The molecular formula is C24H19N3O3S. The van der Waals surface area contributed by atoms with Gasteiger partial charge in [-0.1, -0.05) is 30.3 Å². The van der Waals surface area contributed by atoms with Crippen LogP contribution in [0.2, 0.25) is 0 Å². The van der Waals surface area contributed by atoms with Crippen molar-refractivity contribution in [2.45, 2.75) is 18.3 Å². The normalized spacial score (nSPS) is 15.6. The fourth-order valence-corrected chi connectivity index (χ4v) is 4.72. The number of rotatable bonds is 5. The molecule has 0 radical (unpaired) electrons. The van der Waals surface area contributed by atoms with Crippen LogP contribution < -0.4 is 14.8 Å². The predicted octanol–water partition coefficient (Wildman–Crippen LogP) is 5.00. The third kappa shape index (κ3) is 3.09. The molecule has 1 N–H and O–H groups in total. The van der Waals surface area contributed by atoms with Gasteiger partial charge in [0.2, 0.25) is 12.7 Å². The molecule has 0 unspecified atom stereocenters. The third-order valence-electron chi connectivity index (χ3n) is 5.86. The summed E-state index contributed by atoms with van der Waals surface area (Å²) in [5.74, 6) is 1.96. The fraction of sp³-hybridized carbons (Fsp3) is 0.167. The van der Waals surface area contributed by atoms with Crippen molar-refractivity contribution in [2.75, 3.05) is 12.1 Å². The molecule has 1 aliphatic heterocycles. The van der Waals surface area contributed by atoms with Crippen molar-refractivity contribution in [3.8, 4) is 27.6 Å². The summed E-state index contributed by atoms with van der Waals surface area (Å²) < 4.78 is 12.7. The highest BCUT2D eigenvalue weighted by Gasteiger charge is 2.52. The number of hydrogen-bond acceptors (Lipinski definition) is 5. The number of fused-ring (bicyclic) bond motifs is 1. The van der Waals surface area contributed by atoms with Gasteiger partial charge >= 0.3 is 0 Å². The van der Waals surface area contributed by atoms with Gasteiger partial charge in [-0.25, -0.2) is 4.68 Å². The number of carbonyl (C=O) groups excluding carboxylic acids is 1. The van der Waals surface area contributed by atoms with Gasteiger partial charge in [-0.3, -0.25) is 4.79 Å². The lowest BCUT2D eigenvalue weighted by Gasteiger charge is -2.16. The highest BCUT2D eigenvalue weighted by atomic mass is 32.1. The second-order valence-electron chi connectivity index (χ2n) is 7.75. The average molecular weight is 430 g/mol. The second-order valence-corrected chi connectivity index (χ2v) is 8.70. The van der Waals surface area contributed by atoms with E-state index in [1.807, 2.05) is 76.9 Å². The molecule has 2 aromatic carbocycles. The zero-order chi connectivity index (χ0) is 20.8. The van der Waals surface area contributed by atoms with E-state index in [0.29, 0.717) is 11.6 Å². The van der Waals surface area contributed by atoms with E-state index in [-0.39, 0.29) is 12.7 Å². The van der Waals surface area contributed by atoms with Crippen molar-refractivity contribution in [1.29, 1.82) is 0 Å². The Balaban J connectivity index is 1.34. The number of anilines is 1. The molecule has 0 atom stereocenters. The predicted molar refractivity (Wildman–Crippen MR) is 119 cm³/mol. The maximum absolute atomic E-state index is 13.4. The first kappa shape index (κ1) is 18.2. The Bertz CT molecular complexity index is 1260. The van der Waals surface area contributed by atoms with Gasteiger partial charge in [0.1, 0.15) is 0 Å². The fourth-order valence-electron chi connectivity index (χ4n) is 3.98. The van der Waals surface area contributed by atoms with Crippen molar-refractivity contribution in [3.63, 3.8) is 0 Å². The summed E-state index contributed by atoms with van der Waals surface area (Å²) in [4.78, 5) is 14.5. The monoisotopic (exact) mass is 429 g/mol. The molecular weight excluding hydrogens is 410 g/mol. The van der Waals surface area contributed by atoms with Crippen LogP contribution >= 0.6 is 11.3 Å². The first-order chi connectivity index (χ1) is 15.2. The summed E-state index contributed by atoms with van der Waals surface area (Å²) in [6.07, 6.45) is 3.56. The van der Waals surface area contributed by atoms with Gasteiger partial charge in [-0.2, -0.15) is 0 Å². The summed E-state index contributed by atoms with van der Waals surface area (Å²) in [5.41, 5.74) is 2.25. The van der Waals surface area contributed by atoms with E-state index in [1.165, 1.54) is 0 Å². The van der Waals surface area contributed by atoms with Crippen LogP contribution in [0.1, 0.15) is 18.4 Å². The minimum Gasteiger partial charge on any atom is -0.454 e. The van der Waals surface area contributed by atoms with Gasteiger partial charge in [-0.05, 0) is 54.1 Å². The maximum atomic E-state index is 13.4. The number of benzene rings is 2. The molecule has 0 spiro atoms. The van der Waals surface area contributed by atoms with Crippen molar-refractivity contribution >= 4 is 23.1 Å². The highest BCUT2D eigenvalue weighted by molar-refractivity contribution is 7.13. The second kappa shape index (κ2) is 6.99. The summed E-state index contributed by atoms with van der Waals surface area (Å²) >= 11 is 1.62. The van der Waals surface area contributed by atoms with E-state index >= 15 is 0 Å². The molecule has 2 aromatic heterocycles. The lowest BCUT2D eigenvalue weighted by Crippen LogP contribution is -2.28. The van der Waals surface area contributed by atoms with Crippen molar-refractivity contribution < 1.29 is 14.3 Å². The van der Waals surface area contributed by atoms with Crippen LogP contribution in [0.25, 0.3) is 16.1 Å². The zero-order valence-corrected chi connectivity index (χ0v) is 17.4. The van der Waals surface area contributed by atoms with Crippen LogP contribution in [0.15, 0.2) is 72.2 Å². The van der Waals surface area contributed by atoms with Crippen LogP contribution in [0.5, 0.6) is 11.5 Å². The highest BCUT2D eigenvalue weighted by Crippen LogP contribution is 2.51. The van der Waals surface area contributed by atoms with Crippen molar-refractivity contribution in [3.05, 3.63) is 77.8 Å². The Kier molecular flexibility index (Phi) is 4.11. The van der Waals surface area contributed by atoms with E-state index < -0.39 is 5.41 Å². The third-order valence-corrected chi connectivity index (χ3v) is 6.77. The van der Waals surface area contributed by atoms with Gasteiger partial charge in [-0.15, -0.1) is 16.4 Å². The smallest absolute Gasteiger partial charge is 0.236 e. The largest absolute Gasteiger partial charge is 0.454 e. The first-order valence-electron chi connectivity index (χ1n) is 10.1. The number of ether oxygens (including phenoxy) is 2. The molecule has 7 heteroatoms. The standard InChI is InChI=1S/C24H19N3O3S/c28-23(24(10-11-24)16-8-9-19-20(13-16)30-15-29-19)25-22-18(21-7-4-12-31-21)14-27(26-22)17-5-2-1-3-6-17/h1-9,12-14H,10-11,15H2,(H,25,26,28). The lowest BCUT2D eigenvalue weighted by molar-refractivity contribution is -0.118. The number of carbonyl (C=O) groups is 1. The Morgan fingerprint density at radius 1 is 1.03 bits per heavy atom. The Labute approximate surface area is 183 Å². The van der Waals surface area contributed by atoms with Crippen LogP contribution in [-0.2, 0) is 10.2 Å². The van der Waals surface area contributed by atoms with E-state index in [2.05, 4.69) is 5.32 Å².